The van der Waals surface area contributed by atoms with Crippen LogP contribution < -0.4 is 0 Å². The first kappa shape index (κ1) is 14.9. The van der Waals surface area contributed by atoms with Gasteiger partial charge in [0.2, 0.25) is 0 Å². The molecular formula is C24H17NO. The average Bonchev–Trinajstić information content (AvgIpc) is 3.06. The monoisotopic (exact) mass is 335 g/mol. The second kappa shape index (κ2) is 5.85. The summed E-state index contributed by atoms with van der Waals surface area (Å²) in [5.74, 6) is 0. The molecule has 0 amide bonds. The Morgan fingerprint density at radius 3 is 2.31 bits per heavy atom. The van der Waals surface area contributed by atoms with Crippen LogP contribution in [0.5, 0.6) is 0 Å². The molecule has 26 heavy (non-hydrogen) atoms. The fraction of sp³-hybridized carbons (Fsp3) is 0.0417. The fourth-order valence-corrected chi connectivity index (χ4v) is 3.52. The molecule has 0 fully saturated rings. The van der Waals surface area contributed by atoms with E-state index < -0.39 is 0 Å². The van der Waals surface area contributed by atoms with Gasteiger partial charge >= 0.3 is 0 Å². The third kappa shape index (κ3) is 2.39. The SMILES string of the molecule is Cc1cc(-c2ccc3oc4ccccc4c3c2)ncc1-c1ccccc1. The van der Waals surface area contributed by atoms with Crippen molar-refractivity contribution < 1.29 is 4.42 Å². The molecule has 3 aromatic carbocycles. The van der Waals surface area contributed by atoms with E-state index in [9.17, 15) is 0 Å². The molecule has 124 valence electrons. The van der Waals surface area contributed by atoms with Crippen LogP contribution in [-0.2, 0) is 0 Å². The van der Waals surface area contributed by atoms with Crippen molar-refractivity contribution in [1.82, 2.24) is 4.98 Å². The van der Waals surface area contributed by atoms with Crippen molar-refractivity contribution in [1.29, 1.82) is 0 Å². The van der Waals surface area contributed by atoms with Crippen LogP contribution in [0.2, 0.25) is 0 Å². The molecule has 5 rings (SSSR count). The van der Waals surface area contributed by atoms with Gasteiger partial charge in [-0.25, -0.2) is 0 Å². The van der Waals surface area contributed by atoms with Crippen molar-refractivity contribution in [2.45, 2.75) is 6.92 Å². The van der Waals surface area contributed by atoms with Gasteiger partial charge in [0, 0.05) is 28.1 Å². The van der Waals surface area contributed by atoms with E-state index in [-0.39, 0.29) is 0 Å². The highest BCUT2D eigenvalue weighted by Crippen LogP contribution is 2.33. The van der Waals surface area contributed by atoms with Crippen molar-refractivity contribution in [2.75, 3.05) is 0 Å². The van der Waals surface area contributed by atoms with Crippen LogP contribution in [0, 0.1) is 6.92 Å². The summed E-state index contributed by atoms with van der Waals surface area (Å²) in [5, 5.41) is 2.27. The van der Waals surface area contributed by atoms with Crippen molar-refractivity contribution in [3.05, 3.63) is 90.6 Å². The lowest BCUT2D eigenvalue weighted by Crippen LogP contribution is -1.89. The lowest BCUT2D eigenvalue weighted by Gasteiger charge is -2.08. The number of benzene rings is 3. The summed E-state index contributed by atoms with van der Waals surface area (Å²) in [6, 6.07) is 27.0. The van der Waals surface area contributed by atoms with E-state index in [2.05, 4.69) is 55.5 Å². The smallest absolute Gasteiger partial charge is 0.135 e. The van der Waals surface area contributed by atoms with Crippen LogP contribution in [-0.4, -0.2) is 4.98 Å². The van der Waals surface area contributed by atoms with Crippen LogP contribution in [0.3, 0.4) is 0 Å². The van der Waals surface area contributed by atoms with Gasteiger partial charge in [-0.2, -0.15) is 0 Å². The van der Waals surface area contributed by atoms with Gasteiger partial charge in [-0.05, 0) is 48.4 Å². The number of nitrogens with zero attached hydrogens (tertiary/aromatic N) is 1. The molecule has 0 aliphatic carbocycles. The van der Waals surface area contributed by atoms with E-state index in [0.717, 1.165) is 33.2 Å². The van der Waals surface area contributed by atoms with E-state index in [1.54, 1.807) is 0 Å². The van der Waals surface area contributed by atoms with Gasteiger partial charge < -0.3 is 4.42 Å². The van der Waals surface area contributed by atoms with E-state index in [1.807, 2.05) is 36.5 Å². The number of rotatable bonds is 2. The number of para-hydroxylation sites is 1. The lowest BCUT2D eigenvalue weighted by atomic mass is 10.00. The molecule has 0 saturated heterocycles. The average molecular weight is 335 g/mol. The summed E-state index contributed by atoms with van der Waals surface area (Å²) >= 11 is 0. The van der Waals surface area contributed by atoms with Crippen molar-refractivity contribution in [2.24, 2.45) is 0 Å². The third-order valence-corrected chi connectivity index (χ3v) is 4.87. The number of aryl methyl sites for hydroxylation is 1. The summed E-state index contributed by atoms with van der Waals surface area (Å²) in [6.45, 7) is 2.14. The molecule has 0 atom stereocenters. The van der Waals surface area contributed by atoms with Gasteiger partial charge in [0.25, 0.3) is 0 Å². The molecule has 0 saturated carbocycles. The van der Waals surface area contributed by atoms with Gasteiger partial charge in [-0.15, -0.1) is 0 Å². The van der Waals surface area contributed by atoms with Crippen LogP contribution >= 0.6 is 0 Å². The quantitative estimate of drug-likeness (QED) is 0.362. The molecule has 2 heteroatoms. The van der Waals surface area contributed by atoms with Gasteiger partial charge in [0.1, 0.15) is 11.2 Å². The van der Waals surface area contributed by atoms with Gasteiger partial charge in [-0.1, -0.05) is 48.5 Å². The van der Waals surface area contributed by atoms with E-state index >= 15 is 0 Å². The third-order valence-electron chi connectivity index (χ3n) is 4.87. The fourth-order valence-electron chi connectivity index (χ4n) is 3.52. The Balaban J connectivity index is 1.63. The zero-order chi connectivity index (χ0) is 17.5. The Morgan fingerprint density at radius 2 is 1.46 bits per heavy atom. The predicted molar refractivity (Wildman–Crippen MR) is 107 cm³/mol. The lowest BCUT2D eigenvalue weighted by molar-refractivity contribution is 0.669. The summed E-state index contributed by atoms with van der Waals surface area (Å²) < 4.78 is 5.92. The van der Waals surface area contributed by atoms with Crippen LogP contribution in [0.15, 0.2) is 89.5 Å². The first-order valence-corrected chi connectivity index (χ1v) is 8.73. The van der Waals surface area contributed by atoms with Crippen molar-refractivity contribution in [3.63, 3.8) is 0 Å². The minimum atomic E-state index is 0.910. The van der Waals surface area contributed by atoms with E-state index in [4.69, 9.17) is 9.40 Å². The van der Waals surface area contributed by atoms with Gasteiger partial charge in [0.05, 0.1) is 5.69 Å². The van der Waals surface area contributed by atoms with E-state index in [1.165, 1.54) is 16.7 Å². The number of aromatic nitrogens is 1. The standard InChI is InChI=1S/C24H17NO/c1-16-13-22(25-15-21(16)17-7-3-2-4-8-17)18-11-12-24-20(14-18)19-9-5-6-10-23(19)26-24/h2-15H,1H3. The second-order valence-corrected chi connectivity index (χ2v) is 6.56. The van der Waals surface area contributed by atoms with Gasteiger partial charge in [-0.3, -0.25) is 4.98 Å². The molecule has 0 aliphatic heterocycles. The molecule has 2 nitrogen and oxygen atoms in total. The van der Waals surface area contributed by atoms with Crippen LogP contribution in [0.4, 0.5) is 0 Å². The highest BCUT2D eigenvalue weighted by Gasteiger charge is 2.10. The number of furan rings is 1. The number of hydrogen-bond acceptors (Lipinski definition) is 2. The first-order valence-electron chi connectivity index (χ1n) is 8.73. The topological polar surface area (TPSA) is 26.0 Å². The molecule has 0 radical (unpaired) electrons. The normalized spacial score (nSPS) is 11.3. The van der Waals surface area contributed by atoms with Gasteiger partial charge in [0.15, 0.2) is 0 Å². The molecule has 2 heterocycles. The maximum Gasteiger partial charge on any atom is 0.135 e. The molecule has 0 bridgehead atoms. The maximum atomic E-state index is 5.92. The van der Waals surface area contributed by atoms with Crippen LogP contribution in [0.1, 0.15) is 5.56 Å². The van der Waals surface area contributed by atoms with E-state index in [0.29, 0.717) is 0 Å². The Kier molecular flexibility index (Phi) is 3.36. The molecule has 2 aromatic heterocycles. The Labute approximate surface area is 151 Å². The molecule has 5 aromatic rings. The largest absolute Gasteiger partial charge is 0.456 e. The van der Waals surface area contributed by atoms with Crippen molar-refractivity contribution >= 4 is 21.9 Å². The zero-order valence-corrected chi connectivity index (χ0v) is 14.4. The molecule has 0 spiro atoms. The summed E-state index contributed by atoms with van der Waals surface area (Å²) in [4.78, 5) is 4.73. The first-order chi connectivity index (χ1) is 12.8. The zero-order valence-electron chi connectivity index (χ0n) is 14.4. The Bertz CT molecular complexity index is 1240. The molecule has 0 unspecified atom stereocenters. The highest BCUT2D eigenvalue weighted by molar-refractivity contribution is 6.06. The molecule has 0 N–H and O–H groups in total. The number of fused-ring (bicyclic) bond motifs is 3. The molecular weight excluding hydrogens is 318 g/mol. The number of pyridine rings is 1. The minimum Gasteiger partial charge on any atom is -0.456 e. The van der Waals surface area contributed by atoms with Crippen molar-refractivity contribution in [3.8, 4) is 22.4 Å². The summed E-state index contributed by atoms with van der Waals surface area (Å²) in [7, 11) is 0. The minimum absolute atomic E-state index is 0.910. The summed E-state index contributed by atoms with van der Waals surface area (Å²) in [6.07, 6.45) is 1.97. The highest BCUT2D eigenvalue weighted by atomic mass is 16.3. The predicted octanol–water partition coefficient (Wildman–Crippen LogP) is 6.62. The maximum absolute atomic E-state index is 5.92. The summed E-state index contributed by atoms with van der Waals surface area (Å²) in [5.41, 5.74) is 7.50. The molecule has 0 aliphatic rings. The number of hydrogen-bond donors (Lipinski definition) is 0. The van der Waals surface area contributed by atoms with Crippen LogP contribution in [0.25, 0.3) is 44.3 Å². The second-order valence-electron chi connectivity index (χ2n) is 6.56. The Morgan fingerprint density at radius 1 is 0.692 bits per heavy atom. The Hall–Kier alpha value is -3.39.